The standard InChI is InChI=1S/C16H14N2O2/c1-19-18-16(11-17)15-10-6-5-7-13(15)12-20-14-8-3-2-4-9-14/h2-10H,12H2,1H3. The molecule has 0 amide bonds. The molecule has 2 aromatic rings. The Morgan fingerprint density at radius 1 is 1.10 bits per heavy atom. The molecule has 0 unspecified atom stereocenters. The van der Waals surface area contributed by atoms with Gasteiger partial charge in [0.1, 0.15) is 25.5 Å². The van der Waals surface area contributed by atoms with Gasteiger partial charge in [0.2, 0.25) is 0 Å². The minimum Gasteiger partial charge on any atom is -0.489 e. The molecule has 0 fully saturated rings. The third kappa shape index (κ3) is 3.36. The molecule has 0 heterocycles. The lowest BCUT2D eigenvalue weighted by Crippen LogP contribution is -2.06. The zero-order chi connectivity index (χ0) is 14.2. The van der Waals surface area contributed by atoms with E-state index in [1.54, 1.807) is 0 Å². The van der Waals surface area contributed by atoms with Gasteiger partial charge in [-0.05, 0) is 17.7 Å². The Hall–Kier alpha value is -2.80. The maximum Gasteiger partial charge on any atom is 0.187 e. The minimum atomic E-state index is 0.236. The fraction of sp³-hybridized carbons (Fsp3) is 0.125. The summed E-state index contributed by atoms with van der Waals surface area (Å²) in [6, 6.07) is 19.0. The van der Waals surface area contributed by atoms with Crippen molar-refractivity contribution in [1.82, 2.24) is 0 Å². The molecule has 0 N–H and O–H groups in total. The van der Waals surface area contributed by atoms with Gasteiger partial charge in [-0.25, -0.2) is 0 Å². The van der Waals surface area contributed by atoms with Crippen molar-refractivity contribution in [2.45, 2.75) is 6.61 Å². The first-order valence-electron chi connectivity index (χ1n) is 6.12. The van der Waals surface area contributed by atoms with Crippen molar-refractivity contribution in [1.29, 1.82) is 5.26 Å². The number of hydrogen-bond acceptors (Lipinski definition) is 4. The van der Waals surface area contributed by atoms with Gasteiger partial charge in [0, 0.05) is 5.56 Å². The van der Waals surface area contributed by atoms with Crippen LogP contribution in [0.2, 0.25) is 0 Å². The first-order chi connectivity index (χ1) is 9.85. The fourth-order valence-corrected chi connectivity index (χ4v) is 1.78. The summed E-state index contributed by atoms with van der Waals surface area (Å²) in [5.74, 6) is 0.782. The Morgan fingerprint density at radius 3 is 2.50 bits per heavy atom. The van der Waals surface area contributed by atoms with Crippen LogP contribution in [0.1, 0.15) is 11.1 Å². The van der Waals surface area contributed by atoms with Gasteiger partial charge in [-0.15, -0.1) is 0 Å². The SMILES string of the molecule is CON=C(C#N)c1ccccc1COc1ccccc1. The number of hydrogen-bond donors (Lipinski definition) is 0. The second-order valence-corrected chi connectivity index (χ2v) is 3.99. The predicted octanol–water partition coefficient (Wildman–Crippen LogP) is 3.14. The molecule has 2 rings (SSSR count). The van der Waals surface area contributed by atoms with E-state index in [0.29, 0.717) is 12.2 Å². The minimum absolute atomic E-state index is 0.236. The summed E-state index contributed by atoms with van der Waals surface area (Å²) in [4.78, 5) is 4.69. The molecule has 0 atom stereocenters. The second-order valence-electron chi connectivity index (χ2n) is 3.99. The van der Waals surface area contributed by atoms with Crippen molar-refractivity contribution in [2.75, 3.05) is 7.11 Å². The molecule has 0 aliphatic rings. The molecule has 0 aliphatic carbocycles. The number of benzene rings is 2. The quantitative estimate of drug-likeness (QED) is 0.617. The van der Waals surface area contributed by atoms with Gasteiger partial charge in [-0.2, -0.15) is 5.26 Å². The van der Waals surface area contributed by atoms with Gasteiger partial charge < -0.3 is 9.57 Å². The highest BCUT2D eigenvalue weighted by Crippen LogP contribution is 2.15. The van der Waals surface area contributed by atoms with Crippen molar-refractivity contribution < 1.29 is 9.57 Å². The molecular weight excluding hydrogens is 252 g/mol. The molecule has 0 aliphatic heterocycles. The van der Waals surface area contributed by atoms with E-state index in [-0.39, 0.29) is 5.71 Å². The van der Waals surface area contributed by atoms with E-state index in [4.69, 9.17) is 14.8 Å². The van der Waals surface area contributed by atoms with Gasteiger partial charge in [0.25, 0.3) is 0 Å². The van der Waals surface area contributed by atoms with Crippen LogP contribution in [0.4, 0.5) is 0 Å². The zero-order valence-electron chi connectivity index (χ0n) is 11.1. The summed E-state index contributed by atoms with van der Waals surface area (Å²) < 4.78 is 5.70. The van der Waals surface area contributed by atoms with Crippen LogP contribution in [0.3, 0.4) is 0 Å². The maximum atomic E-state index is 9.12. The number of nitriles is 1. The van der Waals surface area contributed by atoms with Crippen molar-refractivity contribution in [3.05, 3.63) is 65.7 Å². The molecule has 100 valence electrons. The molecule has 0 saturated heterocycles. The Labute approximate surface area is 117 Å². The number of para-hydroxylation sites is 1. The van der Waals surface area contributed by atoms with Crippen LogP contribution in [0, 0.1) is 11.3 Å². The highest BCUT2D eigenvalue weighted by molar-refractivity contribution is 6.12. The summed E-state index contributed by atoms with van der Waals surface area (Å²) in [5.41, 5.74) is 1.83. The van der Waals surface area contributed by atoms with E-state index in [0.717, 1.165) is 11.3 Å². The van der Waals surface area contributed by atoms with Crippen LogP contribution in [-0.4, -0.2) is 12.8 Å². The summed E-state index contributed by atoms with van der Waals surface area (Å²) in [5, 5.41) is 12.8. The number of nitrogens with zero attached hydrogens (tertiary/aromatic N) is 2. The Morgan fingerprint density at radius 2 is 1.80 bits per heavy atom. The highest BCUT2D eigenvalue weighted by Gasteiger charge is 2.09. The first kappa shape index (κ1) is 13.6. The summed E-state index contributed by atoms with van der Waals surface area (Å²) in [6.45, 7) is 0.366. The molecule has 0 spiro atoms. The molecule has 4 nitrogen and oxygen atoms in total. The van der Waals surface area contributed by atoms with Crippen molar-refractivity contribution in [3.8, 4) is 11.8 Å². The third-order valence-electron chi connectivity index (χ3n) is 2.70. The van der Waals surface area contributed by atoms with Crippen LogP contribution >= 0.6 is 0 Å². The molecule has 0 saturated carbocycles. The smallest absolute Gasteiger partial charge is 0.187 e. The Kier molecular flexibility index (Phi) is 4.74. The van der Waals surface area contributed by atoms with Crippen molar-refractivity contribution in [3.63, 3.8) is 0 Å². The van der Waals surface area contributed by atoms with Crippen LogP contribution in [-0.2, 0) is 11.4 Å². The number of ether oxygens (including phenoxy) is 1. The van der Waals surface area contributed by atoms with Crippen molar-refractivity contribution >= 4 is 5.71 Å². The molecule has 4 heteroatoms. The van der Waals surface area contributed by atoms with E-state index in [2.05, 4.69) is 5.16 Å². The van der Waals surface area contributed by atoms with Gasteiger partial charge in [0.15, 0.2) is 5.71 Å². The van der Waals surface area contributed by atoms with E-state index < -0.39 is 0 Å². The van der Waals surface area contributed by atoms with Crippen LogP contribution in [0.5, 0.6) is 5.75 Å². The predicted molar refractivity (Wildman–Crippen MR) is 76.4 cm³/mol. The number of oxime groups is 1. The lowest BCUT2D eigenvalue weighted by molar-refractivity contribution is 0.214. The third-order valence-corrected chi connectivity index (χ3v) is 2.70. The molecule has 20 heavy (non-hydrogen) atoms. The normalized spacial score (nSPS) is 10.7. The maximum absolute atomic E-state index is 9.12. The van der Waals surface area contributed by atoms with E-state index in [9.17, 15) is 0 Å². The van der Waals surface area contributed by atoms with E-state index in [1.165, 1.54) is 7.11 Å². The van der Waals surface area contributed by atoms with Crippen LogP contribution < -0.4 is 4.74 Å². The van der Waals surface area contributed by atoms with Crippen LogP contribution in [0.15, 0.2) is 59.8 Å². The number of rotatable bonds is 5. The average Bonchev–Trinajstić information content (AvgIpc) is 2.52. The van der Waals surface area contributed by atoms with Gasteiger partial charge in [-0.3, -0.25) is 0 Å². The molecular formula is C16H14N2O2. The van der Waals surface area contributed by atoms with Gasteiger partial charge in [-0.1, -0.05) is 47.6 Å². The summed E-state index contributed by atoms with van der Waals surface area (Å²) in [7, 11) is 1.42. The van der Waals surface area contributed by atoms with E-state index >= 15 is 0 Å². The Balaban J connectivity index is 2.20. The largest absolute Gasteiger partial charge is 0.489 e. The molecule has 2 aromatic carbocycles. The zero-order valence-corrected chi connectivity index (χ0v) is 11.1. The van der Waals surface area contributed by atoms with Crippen LogP contribution in [0.25, 0.3) is 0 Å². The fourth-order valence-electron chi connectivity index (χ4n) is 1.78. The Bertz CT molecular complexity index is 630. The average molecular weight is 266 g/mol. The first-order valence-corrected chi connectivity index (χ1v) is 6.12. The highest BCUT2D eigenvalue weighted by atomic mass is 16.6. The van der Waals surface area contributed by atoms with Gasteiger partial charge in [0.05, 0.1) is 0 Å². The summed E-state index contributed by atoms with van der Waals surface area (Å²) >= 11 is 0. The van der Waals surface area contributed by atoms with Gasteiger partial charge >= 0.3 is 0 Å². The molecule has 0 aromatic heterocycles. The summed E-state index contributed by atoms with van der Waals surface area (Å²) in [6.07, 6.45) is 0. The lowest BCUT2D eigenvalue weighted by atomic mass is 10.0. The second kappa shape index (κ2) is 6.95. The molecule has 0 bridgehead atoms. The van der Waals surface area contributed by atoms with Crippen molar-refractivity contribution in [2.24, 2.45) is 5.16 Å². The molecule has 0 radical (unpaired) electrons. The van der Waals surface area contributed by atoms with E-state index in [1.807, 2.05) is 60.7 Å². The lowest BCUT2D eigenvalue weighted by Gasteiger charge is -2.09. The monoisotopic (exact) mass is 266 g/mol. The topological polar surface area (TPSA) is 54.6 Å².